The van der Waals surface area contributed by atoms with E-state index >= 15 is 0 Å². The molecule has 0 atom stereocenters. The van der Waals surface area contributed by atoms with Crippen molar-refractivity contribution in [2.45, 2.75) is 0 Å². The third kappa shape index (κ3) is 2.08. The number of hydrogen-bond acceptors (Lipinski definition) is 5. The molecule has 94 valence electrons. The number of fused-ring (bicyclic) bond motifs is 1. The van der Waals surface area contributed by atoms with Gasteiger partial charge in [0.05, 0.1) is 10.3 Å². The lowest BCUT2D eigenvalue weighted by molar-refractivity contribution is -0.384. The number of anilines is 2. The van der Waals surface area contributed by atoms with Gasteiger partial charge in [-0.25, -0.2) is 9.97 Å². The van der Waals surface area contributed by atoms with Gasteiger partial charge in [0.25, 0.3) is 5.69 Å². The number of benzene rings is 1. The van der Waals surface area contributed by atoms with Gasteiger partial charge >= 0.3 is 0 Å². The topological polar surface area (TPSA) is 96.7 Å². The van der Waals surface area contributed by atoms with Crippen LogP contribution in [0.15, 0.2) is 42.9 Å². The number of nitrogens with one attached hydrogen (secondary N) is 2. The first-order valence-electron chi connectivity index (χ1n) is 5.53. The summed E-state index contributed by atoms with van der Waals surface area (Å²) < 4.78 is 0. The SMILES string of the molecule is O=[N+]([O-])c1ccc(Nc2ncnc3[nH]ccc23)cc1. The lowest BCUT2D eigenvalue weighted by Gasteiger charge is -2.05. The molecule has 0 unspecified atom stereocenters. The minimum atomic E-state index is -0.432. The number of aromatic nitrogens is 3. The number of rotatable bonds is 3. The van der Waals surface area contributed by atoms with E-state index in [4.69, 9.17) is 0 Å². The molecule has 0 spiro atoms. The summed E-state index contributed by atoms with van der Waals surface area (Å²) in [6.07, 6.45) is 3.23. The predicted molar refractivity (Wildman–Crippen MR) is 70.3 cm³/mol. The van der Waals surface area contributed by atoms with Gasteiger partial charge in [-0.3, -0.25) is 10.1 Å². The van der Waals surface area contributed by atoms with Crippen LogP contribution in [0.1, 0.15) is 0 Å². The Labute approximate surface area is 107 Å². The Bertz CT molecular complexity index is 735. The van der Waals surface area contributed by atoms with Gasteiger partial charge < -0.3 is 10.3 Å². The van der Waals surface area contributed by atoms with Gasteiger partial charge in [0.2, 0.25) is 0 Å². The summed E-state index contributed by atoms with van der Waals surface area (Å²) in [5.74, 6) is 0.653. The number of aromatic amines is 1. The summed E-state index contributed by atoms with van der Waals surface area (Å²) in [7, 11) is 0. The fourth-order valence-electron chi connectivity index (χ4n) is 1.78. The molecule has 1 aromatic carbocycles. The predicted octanol–water partition coefficient (Wildman–Crippen LogP) is 2.61. The lowest BCUT2D eigenvalue weighted by atomic mass is 10.2. The van der Waals surface area contributed by atoms with Crippen LogP contribution in [0.5, 0.6) is 0 Å². The van der Waals surface area contributed by atoms with E-state index in [0.717, 1.165) is 16.7 Å². The van der Waals surface area contributed by atoms with Crippen molar-refractivity contribution in [3.63, 3.8) is 0 Å². The third-order valence-corrected chi connectivity index (χ3v) is 2.69. The van der Waals surface area contributed by atoms with Gasteiger partial charge in [-0.15, -0.1) is 0 Å². The second-order valence-electron chi connectivity index (χ2n) is 3.89. The third-order valence-electron chi connectivity index (χ3n) is 2.69. The molecule has 7 heteroatoms. The number of nitro groups is 1. The molecule has 7 nitrogen and oxygen atoms in total. The Morgan fingerprint density at radius 3 is 2.68 bits per heavy atom. The molecule has 0 aliphatic heterocycles. The van der Waals surface area contributed by atoms with Crippen LogP contribution in [0, 0.1) is 10.1 Å². The molecular formula is C12H9N5O2. The fraction of sp³-hybridized carbons (Fsp3) is 0. The first kappa shape index (κ1) is 11.1. The number of hydrogen-bond donors (Lipinski definition) is 2. The highest BCUT2D eigenvalue weighted by Crippen LogP contribution is 2.23. The van der Waals surface area contributed by atoms with Crippen molar-refractivity contribution in [1.82, 2.24) is 15.0 Å². The molecule has 0 bridgehead atoms. The molecule has 0 radical (unpaired) electrons. The van der Waals surface area contributed by atoms with Crippen LogP contribution in [0.4, 0.5) is 17.2 Å². The van der Waals surface area contributed by atoms with Gasteiger partial charge in [0, 0.05) is 24.0 Å². The Balaban J connectivity index is 1.92. The maximum atomic E-state index is 10.6. The van der Waals surface area contributed by atoms with Crippen LogP contribution < -0.4 is 5.32 Å². The van der Waals surface area contributed by atoms with E-state index in [1.54, 1.807) is 18.3 Å². The quantitative estimate of drug-likeness (QED) is 0.553. The number of H-pyrrole nitrogens is 1. The van der Waals surface area contributed by atoms with Crippen LogP contribution in [0.3, 0.4) is 0 Å². The normalized spacial score (nSPS) is 10.5. The molecule has 0 amide bonds. The van der Waals surface area contributed by atoms with Crippen molar-refractivity contribution in [2.24, 2.45) is 0 Å². The average Bonchev–Trinajstić information content (AvgIpc) is 2.89. The molecule has 0 saturated heterocycles. The number of nitrogens with zero attached hydrogens (tertiary/aromatic N) is 3. The highest BCUT2D eigenvalue weighted by molar-refractivity contribution is 5.88. The Morgan fingerprint density at radius 1 is 1.16 bits per heavy atom. The average molecular weight is 255 g/mol. The van der Waals surface area contributed by atoms with E-state index < -0.39 is 4.92 Å². The summed E-state index contributed by atoms with van der Waals surface area (Å²) in [6, 6.07) is 8.02. The molecule has 19 heavy (non-hydrogen) atoms. The molecule has 0 aliphatic carbocycles. The van der Waals surface area contributed by atoms with Crippen molar-refractivity contribution in [2.75, 3.05) is 5.32 Å². The molecule has 0 saturated carbocycles. The molecule has 2 aromatic heterocycles. The van der Waals surface area contributed by atoms with Gasteiger partial charge in [-0.05, 0) is 18.2 Å². The summed E-state index contributed by atoms with van der Waals surface area (Å²) in [5.41, 5.74) is 1.52. The fourth-order valence-corrected chi connectivity index (χ4v) is 1.78. The second kappa shape index (κ2) is 4.37. The van der Waals surface area contributed by atoms with Crippen molar-refractivity contribution in [3.8, 4) is 0 Å². The maximum absolute atomic E-state index is 10.6. The molecule has 0 aliphatic rings. The molecule has 0 fully saturated rings. The van der Waals surface area contributed by atoms with Gasteiger partial charge in [0.1, 0.15) is 17.8 Å². The van der Waals surface area contributed by atoms with Gasteiger partial charge in [0.15, 0.2) is 0 Å². The molecule has 2 heterocycles. The van der Waals surface area contributed by atoms with E-state index in [1.165, 1.54) is 18.5 Å². The Kier molecular flexibility index (Phi) is 2.57. The largest absolute Gasteiger partial charge is 0.346 e. The standard InChI is InChI=1S/C12H9N5O2/c18-17(19)9-3-1-8(2-4-9)16-12-10-5-6-13-11(10)14-7-15-12/h1-7H,(H2,13,14,15,16). The van der Waals surface area contributed by atoms with Crippen LogP contribution in [-0.2, 0) is 0 Å². The molecular weight excluding hydrogens is 246 g/mol. The highest BCUT2D eigenvalue weighted by atomic mass is 16.6. The van der Waals surface area contributed by atoms with E-state index in [-0.39, 0.29) is 5.69 Å². The van der Waals surface area contributed by atoms with E-state index in [2.05, 4.69) is 20.3 Å². The highest BCUT2D eigenvalue weighted by Gasteiger charge is 2.07. The second-order valence-corrected chi connectivity index (χ2v) is 3.89. The molecule has 3 rings (SSSR count). The summed E-state index contributed by atoms with van der Waals surface area (Å²) in [5, 5.41) is 14.5. The molecule has 3 aromatic rings. The first-order valence-corrected chi connectivity index (χ1v) is 5.53. The monoisotopic (exact) mass is 255 g/mol. The zero-order chi connectivity index (χ0) is 13.2. The smallest absolute Gasteiger partial charge is 0.269 e. The Morgan fingerprint density at radius 2 is 1.95 bits per heavy atom. The lowest BCUT2D eigenvalue weighted by Crippen LogP contribution is -1.95. The molecule has 2 N–H and O–H groups in total. The zero-order valence-electron chi connectivity index (χ0n) is 9.70. The van der Waals surface area contributed by atoms with Crippen LogP contribution >= 0.6 is 0 Å². The van der Waals surface area contributed by atoms with E-state index in [0.29, 0.717) is 5.82 Å². The van der Waals surface area contributed by atoms with Gasteiger partial charge in [-0.2, -0.15) is 0 Å². The van der Waals surface area contributed by atoms with Crippen LogP contribution in [0.2, 0.25) is 0 Å². The minimum absolute atomic E-state index is 0.0556. The maximum Gasteiger partial charge on any atom is 0.269 e. The van der Waals surface area contributed by atoms with Crippen molar-refractivity contribution in [3.05, 3.63) is 53.0 Å². The zero-order valence-corrected chi connectivity index (χ0v) is 9.70. The van der Waals surface area contributed by atoms with Crippen LogP contribution in [0.25, 0.3) is 11.0 Å². The van der Waals surface area contributed by atoms with E-state index in [1.807, 2.05) is 6.07 Å². The van der Waals surface area contributed by atoms with Crippen LogP contribution in [-0.4, -0.2) is 19.9 Å². The number of nitro benzene ring substituents is 1. The van der Waals surface area contributed by atoms with Crippen molar-refractivity contribution >= 4 is 28.2 Å². The van der Waals surface area contributed by atoms with Crippen molar-refractivity contribution < 1.29 is 4.92 Å². The minimum Gasteiger partial charge on any atom is -0.346 e. The first-order chi connectivity index (χ1) is 9.24. The summed E-state index contributed by atoms with van der Waals surface area (Å²) in [4.78, 5) is 21.4. The summed E-state index contributed by atoms with van der Waals surface area (Å²) in [6.45, 7) is 0. The van der Waals surface area contributed by atoms with E-state index in [9.17, 15) is 10.1 Å². The van der Waals surface area contributed by atoms with Crippen molar-refractivity contribution in [1.29, 1.82) is 0 Å². The Hall–Kier alpha value is -2.96. The number of non-ortho nitro benzene ring substituents is 1. The summed E-state index contributed by atoms with van der Waals surface area (Å²) >= 11 is 0. The van der Waals surface area contributed by atoms with Gasteiger partial charge in [-0.1, -0.05) is 0 Å².